The van der Waals surface area contributed by atoms with Crippen LogP contribution in [0.15, 0.2) is 30.6 Å². The SMILES string of the molecule is Cc1cnc(CNCC(O)c2cc(Cl)ccc2Cl)cn1. The van der Waals surface area contributed by atoms with E-state index in [2.05, 4.69) is 15.3 Å². The zero-order valence-electron chi connectivity index (χ0n) is 11.0. The standard InChI is InChI=1S/C14H15Cl2N3O/c1-9-5-19-11(7-18-9)6-17-8-14(20)12-4-10(15)2-3-13(12)16/h2-5,7,14,17,20H,6,8H2,1H3. The Balaban J connectivity index is 1.90. The number of halogens is 2. The molecule has 2 aromatic rings. The van der Waals surface area contributed by atoms with Crippen LogP contribution in [-0.4, -0.2) is 21.6 Å². The Morgan fingerprint density at radius 2 is 2.05 bits per heavy atom. The molecule has 0 aliphatic rings. The summed E-state index contributed by atoms with van der Waals surface area (Å²) in [5.74, 6) is 0. The van der Waals surface area contributed by atoms with E-state index in [1.54, 1.807) is 30.6 Å². The second kappa shape index (κ2) is 6.99. The number of aromatic nitrogens is 2. The molecule has 106 valence electrons. The highest BCUT2D eigenvalue weighted by atomic mass is 35.5. The van der Waals surface area contributed by atoms with Gasteiger partial charge in [0.2, 0.25) is 0 Å². The molecule has 0 radical (unpaired) electrons. The molecule has 1 aromatic carbocycles. The first-order valence-corrected chi connectivity index (χ1v) is 6.93. The molecule has 0 amide bonds. The molecule has 1 unspecified atom stereocenters. The van der Waals surface area contributed by atoms with E-state index in [0.29, 0.717) is 28.7 Å². The Morgan fingerprint density at radius 3 is 2.75 bits per heavy atom. The quantitative estimate of drug-likeness (QED) is 0.891. The van der Waals surface area contributed by atoms with E-state index < -0.39 is 6.10 Å². The third-order valence-electron chi connectivity index (χ3n) is 2.80. The molecule has 0 aliphatic carbocycles. The molecule has 0 spiro atoms. The minimum Gasteiger partial charge on any atom is -0.387 e. The van der Waals surface area contributed by atoms with E-state index in [9.17, 15) is 5.11 Å². The van der Waals surface area contributed by atoms with Gasteiger partial charge < -0.3 is 10.4 Å². The third-order valence-corrected chi connectivity index (χ3v) is 3.37. The van der Waals surface area contributed by atoms with E-state index in [1.807, 2.05) is 6.92 Å². The summed E-state index contributed by atoms with van der Waals surface area (Å²) in [6.07, 6.45) is 2.70. The largest absolute Gasteiger partial charge is 0.387 e. The lowest BCUT2D eigenvalue weighted by Crippen LogP contribution is -2.22. The number of nitrogens with zero attached hydrogens (tertiary/aromatic N) is 2. The van der Waals surface area contributed by atoms with Crippen molar-refractivity contribution in [3.05, 3.63) is 57.6 Å². The van der Waals surface area contributed by atoms with Gasteiger partial charge >= 0.3 is 0 Å². The van der Waals surface area contributed by atoms with E-state index in [1.165, 1.54) is 0 Å². The van der Waals surface area contributed by atoms with Crippen LogP contribution in [0.5, 0.6) is 0 Å². The van der Waals surface area contributed by atoms with Gasteiger partial charge in [-0.25, -0.2) is 0 Å². The topological polar surface area (TPSA) is 58.0 Å². The number of nitrogens with one attached hydrogen (secondary N) is 1. The maximum absolute atomic E-state index is 10.1. The summed E-state index contributed by atoms with van der Waals surface area (Å²) in [4.78, 5) is 8.38. The summed E-state index contributed by atoms with van der Waals surface area (Å²) in [5, 5.41) is 14.3. The predicted octanol–water partition coefficient (Wildman–Crippen LogP) is 2.92. The maximum atomic E-state index is 10.1. The Labute approximate surface area is 127 Å². The van der Waals surface area contributed by atoms with Crippen LogP contribution >= 0.6 is 23.2 Å². The molecular formula is C14H15Cl2N3O. The smallest absolute Gasteiger partial charge is 0.0929 e. The maximum Gasteiger partial charge on any atom is 0.0929 e. The van der Waals surface area contributed by atoms with Crippen LogP contribution in [0, 0.1) is 6.92 Å². The predicted molar refractivity (Wildman–Crippen MR) is 79.9 cm³/mol. The van der Waals surface area contributed by atoms with Gasteiger partial charge in [0.05, 0.1) is 17.5 Å². The van der Waals surface area contributed by atoms with Crippen LogP contribution in [0.4, 0.5) is 0 Å². The highest BCUT2D eigenvalue weighted by Gasteiger charge is 2.12. The van der Waals surface area contributed by atoms with E-state index in [0.717, 1.165) is 11.4 Å². The molecule has 1 atom stereocenters. The molecule has 2 rings (SSSR count). The Hall–Kier alpha value is -1.20. The van der Waals surface area contributed by atoms with Gasteiger partial charge in [-0.2, -0.15) is 0 Å². The fraction of sp³-hybridized carbons (Fsp3) is 0.286. The molecule has 0 aliphatic heterocycles. The Kier molecular flexibility index (Phi) is 5.31. The number of rotatable bonds is 5. The number of hydrogen-bond donors (Lipinski definition) is 2. The second-order valence-electron chi connectivity index (χ2n) is 4.46. The van der Waals surface area contributed by atoms with Crippen molar-refractivity contribution in [2.75, 3.05) is 6.54 Å². The molecular weight excluding hydrogens is 297 g/mol. The molecule has 0 saturated carbocycles. The summed E-state index contributed by atoms with van der Waals surface area (Å²) in [6.45, 7) is 2.77. The molecule has 20 heavy (non-hydrogen) atoms. The van der Waals surface area contributed by atoms with Gasteiger partial charge in [0.1, 0.15) is 0 Å². The summed E-state index contributed by atoms with van der Waals surface area (Å²) < 4.78 is 0. The molecule has 0 fully saturated rings. The van der Waals surface area contributed by atoms with Crippen molar-refractivity contribution >= 4 is 23.2 Å². The minimum atomic E-state index is -0.723. The van der Waals surface area contributed by atoms with Crippen LogP contribution in [0.2, 0.25) is 10.0 Å². The van der Waals surface area contributed by atoms with Crippen LogP contribution in [0.25, 0.3) is 0 Å². The molecule has 1 aromatic heterocycles. The lowest BCUT2D eigenvalue weighted by molar-refractivity contribution is 0.174. The lowest BCUT2D eigenvalue weighted by Gasteiger charge is -2.14. The zero-order valence-corrected chi connectivity index (χ0v) is 12.5. The Morgan fingerprint density at radius 1 is 1.25 bits per heavy atom. The molecule has 1 heterocycles. The summed E-state index contributed by atoms with van der Waals surface area (Å²) >= 11 is 11.9. The average Bonchev–Trinajstić information content (AvgIpc) is 2.43. The van der Waals surface area contributed by atoms with Gasteiger partial charge in [-0.05, 0) is 25.1 Å². The van der Waals surface area contributed by atoms with Gasteiger partial charge in [-0.3, -0.25) is 9.97 Å². The highest BCUT2D eigenvalue weighted by Crippen LogP contribution is 2.25. The summed E-state index contributed by atoms with van der Waals surface area (Å²) in [5.41, 5.74) is 2.31. The van der Waals surface area contributed by atoms with Gasteiger partial charge in [-0.1, -0.05) is 23.2 Å². The highest BCUT2D eigenvalue weighted by molar-refractivity contribution is 6.33. The molecule has 0 bridgehead atoms. The first kappa shape index (κ1) is 15.2. The summed E-state index contributed by atoms with van der Waals surface area (Å²) in [6, 6.07) is 5.03. The van der Waals surface area contributed by atoms with Gasteiger partial charge in [0.25, 0.3) is 0 Å². The van der Waals surface area contributed by atoms with Crippen LogP contribution in [-0.2, 0) is 6.54 Å². The van der Waals surface area contributed by atoms with Crippen molar-refractivity contribution in [2.45, 2.75) is 19.6 Å². The number of benzene rings is 1. The van der Waals surface area contributed by atoms with E-state index in [-0.39, 0.29) is 0 Å². The molecule has 0 saturated heterocycles. The van der Waals surface area contributed by atoms with Crippen LogP contribution < -0.4 is 5.32 Å². The second-order valence-corrected chi connectivity index (χ2v) is 5.31. The summed E-state index contributed by atoms with van der Waals surface area (Å²) in [7, 11) is 0. The number of aliphatic hydroxyl groups excluding tert-OH is 1. The number of aryl methyl sites for hydroxylation is 1. The fourth-order valence-electron chi connectivity index (χ4n) is 1.73. The van der Waals surface area contributed by atoms with Gasteiger partial charge in [0.15, 0.2) is 0 Å². The van der Waals surface area contributed by atoms with Crippen LogP contribution in [0.1, 0.15) is 23.1 Å². The van der Waals surface area contributed by atoms with Crippen molar-refractivity contribution in [3.63, 3.8) is 0 Å². The normalized spacial score (nSPS) is 12.4. The van der Waals surface area contributed by atoms with Crippen molar-refractivity contribution in [3.8, 4) is 0 Å². The molecule has 6 heteroatoms. The van der Waals surface area contributed by atoms with E-state index in [4.69, 9.17) is 23.2 Å². The first-order chi connectivity index (χ1) is 9.56. The monoisotopic (exact) mass is 311 g/mol. The van der Waals surface area contributed by atoms with Crippen molar-refractivity contribution < 1.29 is 5.11 Å². The number of aliphatic hydroxyl groups is 1. The lowest BCUT2D eigenvalue weighted by atomic mass is 10.1. The zero-order chi connectivity index (χ0) is 14.5. The number of hydrogen-bond acceptors (Lipinski definition) is 4. The van der Waals surface area contributed by atoms with Gasteiger partial charge in [0, 0.05) is 41.1 Å². The van der Waals surface area contributed by atoms with Gasteiger partial charge in [-0.15, -0.1) is 0 Å². The Bertz CT molecular complexity index is 575. The molecule has 4 nitrogen and oxygen atoms in total. The fourth-order valence-corrected chi connectivity index (χ4v) is 2.15. The molecule has 2 N–H and O–H groups in total. The minimum absolute atomic E-state index is 0.357. The van der Waals surface area contributed by atoms with Crippen molar-refractivity contribution in [1.29, 1.82) is 0 Å². The average molecular weight is 312 g/mol. The van der Waals surface area contributed by atoms with Crippen molar-refractivity contribution in [2.24, 2.45) is 0 Å². The van der Waals surface area contributed by atoms with Crippen molar-refractivity contribution in [1.82, 2.24) is 15.3 Å². The van der Waals surface area contributed by atoms with Crippen LogP contribution in [0.3, 0.4) is 0 Å². The van der Waals surface area contributed by atoms with E-state index >= 15 is 0 Å². The first-order valence-electron chi connectivity index (χ1n) is 6.17. The third kappa shape index (κ3) is 4.15.